The Labute approximate surface area is 116 Å². The van der Waals surface area contributed by atoms with Crippen molar-refractivity contribution in [2.24, 2.45) is 0 Å². The molecule has 2 aromatic rings. The van der Waals surface area contributed by atoms with Crippen molar-refractivity contribution in [3.63, 3.8) is 0 Å². The van der Waals surface area contributed by atoms with E-state index in [4.69, 9.17) is 11.6 Å². The summed E-state index contributed by atoms with van der Waals surface area (Å²) >= 11 is 6.02. The zero-order valence-electron chi connectivity index (χ0n) is 10.7. The summed E-state index contributed by atoms with van der Waals surface area (Å²) < 4.78 is 13.3. The van der Waals surface area contributed by atoms with Crippen LogP contribution in [0.4, 0.5) is 21.8 Å². The molecule has 0 aliphatic rings. The van der Waals surface area contributed by atoms with Gasteiger partial charge in [0.1, 0.15) is 10.8 Å². The second-order valence-corrected chi connectivity index (χ2v) is 4.47. The number of aromatic nitrogens is 2. The minimum Gasteiger partial charge on any atom is -0.354 e. The number of hydrogen-bond donors (Lipinski definition) is 2. The van der Waals surface area contributed by atoms with Gasteiger partial charge in [-0.2, -0.15) is 4.98 Å². The summed E-state index contributed by atoms with van der Waals surface area (Å²) in [6.07, 6.45) is 1.50. The van der Waals surface area contributed by atoms with Gasteiger partial charge in [-0.1, -0.05) is 11.6 Å². The average molecular weight is 281 g/mol. The molecule has 2 rings (SSSR count). The minimum absolute atomic E-state index is 0.306. The summed E-state index contributed by atoms with van der Waals surface area (Å²) in [5, 5.41) is 6.36. The van der Waals surface area contributed by atoms with Gasteiger partial charge in [-0.25, -0.2) is 9.37 Å². The van der Waals surface area contributed by atoms with Crippen LogP contribution in [0.3, 0.4) is 0 Å². The lowest BCUT2D eigenvalue weighted by Crippen LogP contribution is -2.04. The SMILES string of the molecule is CCNc1ncc(Cl)c(Nc2cc(C)cc(F)c2)n1. The molecule has 1 aromatic carbocycles. The van der Waals surface area contributed by atoms with Crippen LogP contribution in [0.25, 0.3) is 0 Å². The lowest BCUT2D eigenvalue weighted by Gasteiger charge is -2.10. The van der Waals surface area contributed by atoms with Crippen LogP contribution in [-0.4, -0.2) is 16.5 Å². The average Bonchev–Trinajstić information content (AvgIpc) is 2.32. The molecule has 0 fully saturated rings. The Bertz CT molecular complexity index is 569. The largest absolute Gasteiger partial charge is 0.354 e. The Balaban J connectivity index is 2.28. The van der Waals surface area contributed by atoms with E-state index >= 15 is 0 Å². The summed E-state index contributed by atoms with van der Waals surface area (Å²) in [4.78, 5) is 8.27. The zero-order chi connectivity index (χ0) is 13.8. The molecule has 0 unspecified atom stereocenters. The molecule has 0 aliphatic carbocycles. The molecule has 0 amide bonds. The number of halogens is 2. The molecule has 1 aromatic heterocycles. The molecule has 0 aliphatic heterocycles. The van der Waals surface area contributed by atoms with Gasteiger partial charge in [0.05, 0.1) is 6.20 Å². The molecule has 1 heterocycles. The topological polar surface area (TPSA) is 49.8 Å². The Morgan fingerprint density at radius 2 is 2.11 bits per heavy atom. The highest BCUT2D eigenvalue weighted by molar-refractivity contribution is 6.32. The van der Waals surface area contributed by atoms with E-state index in [-0.39, 0.29) is 5.82 Å². The van der Waals surface area contributed by atoms with E-state index in [9.17, 15) is 4.39 Å². The van der Waals surface area contributed by atoms with E-state index < -0.39 is 0 Å². The van der Waals surface area contributed by atoms with Crippen LogP contribution in [0.2, 0.25) is 5.02 Å². The Morgan fingerprint density at radius 1 is 1.32 bits per heavy atom. The van der Waals surface area contributed by atoms with Crippen LogP contribution in [0.1, 0.15) is 12.5 Å². The fourth-order valence-electron chi connectivity index (χ4n) is 1.64. The zero-order valence-corrected chi connectivity index (χ0v) is 11.4. The maximum Gasteiger partial charge on any atom is 0.224 e. The lowest BCUT2D eigenvalue weighted by atomic mass is 10.2. The van der Waals surface area contributed by atoms with E-state index in [0.29, 0.717) is 29.0 Å². The highest BCUT2D eigenvalue weighted by Crippen LogP contribution is 2.24. The standard InChI is InChI=1S/C13H14ClFN4/c1-3-16-13-17-7-11(14)12(19-13)18-10-5-8(2)4-9(15)6-10/h4-7H,3H2,1-2H3,(H2,16,17,18,19). The quantitative estimate of drug-likeness (QED) is 0.895. The van der Waals surface area contributed by atoms with Crippen molar-refractivity contribution in [2.45, 2.75) is 13.8 Å². The predicted octanol–water partition coefficient (Wildman–Crippen LogP) is 3.75. The predicted molar refractivity (Wildman–Crippen MR) is 75.6 cm³/mol. The van der Waals surface area contributed by atoms with Crippen molar-refractivity contribution in [3.05, 3.63) is 40.8 Å². The van der Waals surface area contributed by atoms with Crippen molar-refractivity contribution in [3.8, 4) is 0 Å². The first kappa shape index (κ1) is 13.5. The number of nitrogens with zero attached hydrogens (tertiary/aromatic N) is 2. The van der Waals surface area contributed by atoms with Gasteiger partial charge in [0.2, 0.25) is 5.95 Å². The normalized spacial score (nSPS) is 10.3. The van der Waals surface area contributed by atoms with Gasteiger partial charge in [0, 0.05) is 12.2 Å². The minimum atomic E-state index is -0.306. The third kappa shape index (κ3) is 3.54. The van der Waals surface area contributed by atoms with Crippen LogP contribution < -0.4 is 10.6 Å². The highest BCUT2D eigenvalue weighted by atomic mass is 35.5. The molecule has 0 radical (unpaired) electrons. The van der Waals surface area contributed by atoms with E-state index in [1.165, 1.54) is 18.3 Å². The van der Waals surface area contributed by atoms with Crippen LogP contribution >= 0.6 is 11.6 Å². The molecule has 0 spiro atoms. The van der Waals surface area contributed by atoms with Gasteiger partial charge in [-0.05, 0) is 37.6 Å². The molecular weight excluding hydrogens is 267 g/mol. The number of rotatable bonds is 4. The van der Waals surface area contributed by atoms with Gasteiger partial charge in [0.15, 0.2) is 5.82 Å². The summed E-state index contributed by atoms with van der Waals surface area (Å²) in [6, 6.07) is 4.66. The first-order valence-corrected chi connectivity index (χ1v) is 6.27. The third-order valence-corrected chi connectivity index (χ3v) is 2.66. The van der Waals surface area contributed by atoms with Gasteiger partial charge < -0.3 is 10.6 Å². The van der Waals surface area contributed by atoms with Crippen LogP contribution in [0, 0.1) is 12.7 Å². The summed E-state index contributed by atoms with van der Waals surface area (Å²) in [6.45, 7) is 4.47. The number of anilines is 3. The monoisotopic (exact) mass is 280 g/mol. The van der Waals surface area contributed by atoms with Crippen LogP contribution in [0.15, 0.2) is 24.4 Å². The molecule has 19 heavy (non-hydrogen) atoms. The lowest BCUT2D eigenvalue weighted by molar-refractivity contribution is 0.627. The number of hydrogen-bond acceptors (Lipinski definition) is 4. The molecule has 2 N–H and O–H groups in total. The number of nitrogens with one attached hydrogen (secondary N) is 2. The number of benzene rings is 1. The van der Waals surface area contributed by atoms with Crippen molar-refractivity contribution in [1.82, 2.24) is 9.97 Å². The molecule has 0 bridgehead atoms. The summed E-state index contributed by atoms with van der Waals surface area (Å²) in [7, 11) is 0. The first-order chi connectivity index (χ1) is 9.08. The Kier molecular flexibility index (Phi) is 4.16. The Hall–Kier alpha value is -1.88. The van der Waals surface area contributed by atoms with Gasteiger partial charge in [-0.3, -0.25) is 0 Å². The van der Waals surface area contributed by atoms with Crippen LogP contribution in [0.5, 0.6) is 0 Å². The molecular formula is C13H14ClFN4. The van der Waals surface area contributed by atoms with E-state index in [1.54, 1.807) is 0 Å². The van der Waals surface area contributed by atoms with Gasteiger partial charge >= 0.3 is 0 Å². The molecule has 0 saturated heterocycles. The first-order valence-electron chi connectivity index (χ1n) is 5.89. The van der Waals surface area contributed by atoms with Crippen molar-refractivity contribution < 1.29 is 4.39 Å². The second-order valence-electron chi connectivity index (χ2n) is 4.06. The van der Waals surface area contributed by atoms with E-state index in [2.05, 4.69) is 20.6 Å². The van der Waals surface area contributed by atoms with Gasteiger partial charge in [-0.15, -0.1) is 0 Å². The fourth-order valence-corrected chi connectivity index (χ4v) is 1.78. The van der Waals surface area contributed by atoms with Crippen molar-refractivity contribution >= 4 is 29.1 Å². The van der Waals surface area contributed by atoms with Crippen LogP contribution in [-0.2, 0) is 0 Å². The Morgan fingerprint density at radius 3 is 2.79 bits per heavy atom. The van der Waals surface area contributed by atoms with E-state index in [1.807, 2.05) is 19.9 Å². The molecule has 0 saturated carbocycles. The fraction of sp³-hybridized carbons (Fsp3) is 0.231. The summed E-state index contributed by atoms with van der Waals surface area (Å²) in [5.74, 6) is 0.611. The maximum absolute atomic E-state index is 13.3. The molecule has 6 heteroatoms. The maximum atomic E-state index is 13.3. The molecule has 4 nitrogen and oxygen atoms in total. The van der Waals surface area contributed by atoms with Crippen molar-refractivity contribution in [1.29, 1.82) is 0 Å². The third-order valence-electron chi connectivity index (χ3n) is 2.38. The second kappa shape index (κ2) is 5.84. The van der Waals surface area contributed by atoms with E-state index in [0.717, 1.165) is 5.56 Å². The van der Waals surface area contributed by atoms with Gasteiger partial charge in [0.25, 0.3) is 0 Å². The van der Waals surface area contributed by atoms with Crippen molar-refractivity contribution in [2.75, 3.05) is 17.2 Å². The molecule has 100 valence electrons. The smallest absolute Gasteiger partial charge is 0.224 e. The molecule has 0 atom stereocenters. The summed E-state index contributed by atoms with van der Waals surface area (Å²) in [5.41, 5.74) is 1.42. The highest BCUT2D eigenvalue weighted by Gasteiger charge is 2.06. The number of aryl methyl sites for hydroxylation is 1.